The third kappa shape index (κ3) is 4.75. The molecule has 2 nitrogen and oxygen atoms in total. The lowest BCUT2D eigenvalue weighted by Gasteiger charge is -2.34. The molecule has 4 heteroatoms. The standard InChI is InChI=1S/C11H19I2NO/c1-8(15)14-7-10-3-2-9(5-12)4-11(10)6-13/h9-11H,2-7H2,1H3,(H,14,15). The smallest absolute Gasteiger partial charge is 0.216 e. The van der Waals surface area contributed by atoms with Gasteiger partial charge in [0.25, 0.3) is 0 Å². The third-order valence-corrected chi connectivity index (χ3v) is 5.66. The lowest BCUT2D eigenvalue weighted by molar-refractivity contribution is -0.119. The summed E-state index contributed by atoms with van der Waals surface area (Å²) in [7, 11) is 0. The topological polar surface area (TPSA) is 29.1 Å². The minimum Gasteiger partial charge on any atom is -0.356 e. The van der Waals surface area contributed by atoms with Crippen LogP contribution in [-0.4, -0.2) is 21.3 Å². The van der Waals surface area contributed by atoms with Gasteiger partial charge in [-0.25, -0.2) is 0 Å². The zero-order valence-corrected chi connectivity index (χ0v) is 13.5. The van der Waals surface area contributed by atoms with Crippen molar-refractivity contribution in [2.75, 3.05) is 15.4 Å². The molecule has 0 heterocycles. The Morgan fingerprint density at radius 1 is 1.27 bits per heavy atom. The number of carbonyl (C=O) groups is 1. The van der Waals surface area contributed by atoms with Crippen molar-refractivity contribution in [3.63, 3.8) is 0 Å². The van der Waals surface area contributed by atoms with E-state index in [-0.39, 0.29) is 5.91 Å². The molecule has 1 aliphatic rings. The first-order valence-electron chi connectivity index (χ1n) is 5.53. The lowest BCUT2D eigenvalue weighted by Crippen LogP contribution is -2.36. The van der Waals surface area contributed by atoms with E-state index in [9.17, 15) is 4.79 Å². The van der Waals surface area contributed by atoms with Crippen LogP contribution in [0.1, 0.15) is 26.2 Å². The van der Waals surface area contributed by atoms with Crippen LogP contribution < -0.4 is 5.32 Å². The van der Waals surface area contributed by atoms with Gasteiger partial charge in [0.1, 0.15) is 0 Å². The van der Waals surface area contributed by atoms with Crippen LogP contribution in [0.15, 0.2) is 0 Å². The lowest BCUT2D eigenvalue weighted by atomic mass is 9.75. The number of alkyl halides is 2. The average Bonchev–Trinajstić information content (AvgIpc) is 2.25. The summed E-state index contributed by atoms with van der Waals surface area (Å²) in [6, 6.07) is 0. The summed E-state index contributed by atoms with van der Waals surface area (Å²) in [5, 5.41) is 2.97. The molecule has 1 rings (SSSR count). The second kappa shape index (κ2) is 7.29. The number of halogens is 2. The van der Waals surface area contributed by atoms with E-state index in [2.05, 4.69) is 50.5 Å². The van der Waals surface area contributed by atoms with E-state index < -0.39 is 0 Å². The number of hydrogen-bond donors (Lipinski definition) is 1. The Morgan fingerprint density at radius 3 is 2.53 bits per heavy atom. The van der Waals surface area contributed by atoms with Crippen LogP contribution in [0, 0.1) is 17.8 Å². The Morgan fingerprint density at radius 2 is 2.00 bits per heavy atom. The Labute approximate surface area is 120 Å². The summed E-state index contributed by atoms with van der Waals surface area (Å²) in [6.45, 7) is 2.49. The molecule has 0 aromatic rings. The van der Waals surface area contributed by atoms with Crippen LogP contribution in [0.4, 0.5) is 0 Å². The minimum atomic E-state index is 0.109. The molecule has 0 aromatic heterocycles. The van der Waals surface area contributed by atoms with Crippen molar-refractivity contribution in [1.29, 1.82) is 0 Å². The van der Waals surface area contributed by atoms with Crippen LogP contribution >= 0.6 is 45.2 Å². The van der Waals surface area contributed by atoms with Crippen molar-refractivity contribution in [1.82, 2.24) is 5.32 Å². The molecule has 1 aliphatic carbocycles. The summed E-state index contributed by atoms with van der Waals surface area (Å²) in [6.07, 6.45) is 4.00. The highest BCUT2D eigenvalue weighted by molar-refractivity contribution is 14.1. The van der Waals surface area contributed by atoms with Crippen molar-refractivity contribution in [2.24, 2.45) is 17.8 Å². The molecule has 0 saturated heterocycles. The molecule has 15 heavy (non-hydrogen) atoms. The van der Waals surface area contributed by atoms with Gasteiger partial charge in [-0.3, -0.25) is 4.79 Å². The molecule has 1 saturated carbocycles. The van der Waals surface area contributed by atoms with E-state index in [1.165, 1.54) is 28.1 Å². The third-order valence-electron chi connectivity index (χ3n) is 3.28. The molecule has 3 atom stereocenters. The fourth-order valence-corrected chi connectivity index (χ4v) is 4.18. The fourth-order valence-electron chi connectivity index (χ4n) is 2.30. The van der Waals surface area contributed by atoms with E-state index in [1.54, 1.807) is 6.92 Å². The normalized spacial score (nSPS) is 31.3. The largest absolute Gasteiger partial charge is 0.356 e. The molecule has 3 unspecified atom stereocenters. The summed E-state index contributed by atoms with van der Waals surface area (Å²) < 4.78 is 2.52. The van der Waals surface area contributed by atoms with E-state index in [0.717, 1.165) is 18.4 Å². The van der Waals surface area contributed by atoms with Gasteiger partial charge in [-0.05, 0) is 37.0 Å². The predicted octanol–water partition coefficient (Wildman–Crippen LogP) is 3.03. The number of hydrogen-bond acceptors (Lipinski definition) is 1. The molecule has 0 bridgehead atoms. The molecule has 1 N–H and O–H groups in total. The molecule has 1 amide bonds. The van der Waals surface area contributed by atoms with Crippen molar-refractivity contribution < 1.29 is 4.79 Å². The number of rotatable bonds is 4. The Kier molecular flexibility index (Phi) is 6.80. The van der Waals surface area contributed by atoms with Crippen molar-refractivity contribution >= 4 is 51.1 Å². The molecule has 0 spiro atoms. The Bertz CT molecular complexity index is 211. The Hall–Kier alpha value is 0.930. The van der Waals surface area contributed by atoms with Gasteiger partial charge in [-0.15, -0.1) is 0 Å². The number of carbonyl (C=O) groups excluding carboxylic acids is 1. The minimum absolute atomic E-state index is 0.109. The maximum Gasteiger partial charge on any atom is 0.216 e. The van der Waals surface area contributed by atoms with Gasteiger partial charge in [-0.1, -0.05) is 45.2 Å². The second-order valence-electron chi connectivity index (χ2n) is 4.44. The van der Waals surface area contributed by atoms with E-state index in [1.807, 2.05) is 0 Å². The van der Waals surface area contributed by atoms with Gasteiger partial charge in [0.05, 0.1) is 0 Å². The van der Waals surface area contributed by atoms with E-state index >= 15 is 0 Å². The molecule has 1 fully saturated rings. The van der Waals surface area contributed by atoms with Gasteiger partial charge in [0.15, 0.2) is 0 Å². The molecular weight excluding hydrogens is 416 g/mol. The predicted molar refractivity (Wildman–Crippen MR) is 80.8 cm³/mol. The maximum absolute atomic E-state index is 10.9. The monoisotopic (exact) mass is 435 g/mol. The fraction of sp³-hybridized carbons (Fsp3) is 0.909. The average molecular weight is 435 g/mol. The quantitative estimate of drug-likeness (QED) is 0.534. The highest BCUT2D eigenvalue weighted by Gasteiger charge is 2.29. The SMILES string of the molecule is CC(=O)NCC1CCC(CI)CC1CI. The highest BCUT2D eigenvalue weighted by Crippen LogP contribution is 2.35. The number of nitrogens with one attached hydrogen (secondary N) is 1. The van der Waals surface area contributed by atoms with E-state index in [0.29, 0.717) is 5.92 Å². The molecule has 0 radical (unpaired) electrons. The van der Waals surface area contributed by atoms with Gasteiger partial charge in [0, 0.05) is 22.3 Å². The Balaban J connectivity index is 2.40. The summed E-state index contributed by atoms with van der Waals surface area (Å²) in [5.41, 5.74) is 0. The molecule has 0 aliphatic heterocycles. The zero-order chi connectivity index (χ0) is 11.3. The van der Waals surface area contributed by atoms with Crippen molar-refractivity contribution in [3.8, 4) is 0 Å². The van der Waals surface area contributed by atoms with Gasteiger partial charge in [-0.2, -0.15) is 0 Å². The van der Waals surface area contributed by atoms with Crippen molar-refractivity contribution in [3.05, 3.63) is 0 Å². The van der Waals surface area contributed by atoms with Crippen LogP contribution in [0.2, 0.25) is 0 Å². The van der Waals surface area contributed by atoms with Crippen molar-refractivity contribution in [2.45, 2.75) is 26.2 Å². The second-order valence-corrected chi connectivity index (χ2v) is 6.21. The summed E-state index contributed by atoms with van der Waals surface area (Å²) in [5.74, 6) is 2.55. The first-order valence-corrected chi connectivity index (χ1v) is 8.58. The summed E-state index contributed by atoms with van der Waals surface area (Å²) >= 11 is 4.99. The maximum atomic E-state index is 10.9. The number of amides is 1. The van der Waals surface area contributed by atoms with Crippen LogP contribution in [0.3, 0.4) is 0 Å². The summed E-state index contributed by atoms with van der Waals surface area (Å²) in [4.78, 5) is 10.9. The first-order chi connectivity index (χ1) is 7.17. The molecular formula is C11H19I2NO. The molecule has 88 valence electrons. The van der Waals surface area contributed by atoms with Gasteiger partial charge < -0.3 is 5.32 Å². The van der Waals surface area contributed by atoms with Gasteiger partial charge in [0.2, 0.25) is 5.91 Å². The van der Waals surface area contributed by atoms with Crippen LogP contribution in [-0.2, 0) is 4.79 Å². The van der Waals surface area contributed by atoms with E-state index in [4.69, 9.17) is 0 Å². The first kappa shape index (κ1) is 14.0. The highest BCUT2D eigenvalue weighted by atomic mass is 127. The van der Waals surface area contributed by atoms with Crippen LogP contribution in [0.5, 0.6) is 0 Å². The van der Waals surface area contributed by atoms with Crippen LogP contribution in [0.25, 0.3) is 0 Å². The molecule has 0 aromatic carbocycles. The zero-order valence-electron chi connectivity index (χ0n) is 9.14. The van der Waals surface area contributed by atoms with Gasteiger partial charge >= 0.3 is 0 Å².